The highest BCUT2D eigenvalue weighted by atomic mass is 32.2. The minimum atomic E-state index is -3.13. The molecule has 0 radical (unpaired) electrons. The monoisotopic (exact) mass is 365 g/mol. The first-order valence-electron chi connectivity index (χ1n) is 8.67. The summed E-state index contributed by atoms with van der Waals surface area (Å²) in [6, 6.07) is 4.11. The third kappa shape index (κ3) is 3.78. The lowest BCUT2D eigenvalue weighted by molar-refractivity contribution is 0.158. The van der Waals surface area contributed by atoms with Gasteiger partial charge in [-0.2, -0.15) is 5.10 Å². The Bertz CT molecular complexity index is 840. The van der Waals surface area contributed by atoms with Gasteiger partial charge < -0.3 is 4.52 Å². The molecule has 1 N–H and O–H groups in total. The lowest BCUT2D eigenvalue weighted by Gasteiger charge is -2.33. The number of hydrogen-bond donors (Lipinski definition) is 1. The maximum Gasteiger partial charge on any atom is 0.214 e. The zero-order valence-electron chi connectivity index (χ0n) is 14.3. The zero-order valence-corrected chi connectivity index (χ0v) is 15.1. The molecule has 8 nitrogen and oxygen atoms in total. The number of aromatic nitrogens is 3. The highest BCUT2D eigenvalue weighted by Crippen LogP contribution is 2.28. The molecule has 2 aliphatic rings. The van der Waals surface area contributed by atoms with Gasteiger partial charge in [0.2, 0.25) is 10.0 Å². The van der Waals surface area contributed by atoms with E-state index < -0.39 is 10.0 Å². The first-order chi connectivity index (χ1) is 12.0. The lowest BCUT2D eigenvalue weighted by atomic mass is 10.1. The van der Waals surface area contributed by atoms with Crippen LogP contribution in [-0.2, 0) is 23.1 Å². The summed E-state index contributed by atoms with van der Waals surface area (Å²) in [5.74, 6) is 0.808. The second-order valence-electron chi connectivity index (χ2n) is 6.95. The number of sulfonamides is 1. The van der Waals surface area contributed by atoms with Crippen LogP contribution >= 0.6 is 0 Å². The smallest absolute Gasteiger partial charge is 0.214 e. The van der Waals surface area contributed by atoms with E-state index in [4.69, 9.17) is 4.52 Å². The van der Waals surface area contributed by atoms with E-state index in [9.17, 15) is 8.42 Å². The summed E-state index contributed by atoms with van der Waals surface area (Å²) < 4.78 is 33.9. The molecule has 1 aliphatic heterocycles. The molecule has 2 aromatic heterocycles. The van der Waals surface area contributed by atoms with Crippen molar-refractivity contribution in [3.05, 3.63) is 35.5 Å². The topological polar surface area (TPSA) is 93.3 Å². The molecule has 25 heavy (non-hydrogen) atoms. The van der Waals surface area contributed by atoms with E-state index in [1.54, 1.807) is 6.20 Å². The van der Waals surface area contributed by atoms with Crippen molar-refractivity contribution in [2.24, 2.45) is 0 Å². The van der Waals surface area contributed by atoms with E-state index >= 15 is 0 Å². The molecule has 1 unspecified atom stereocenters. The van der Waals surface area contributed by atoms with Crippen molar-refractivity contribution in [1.82, 2.24) is 24.6 Å². The van der Waals surface area contributed by atoms with Gasteiger partial charge in [0.05, 0.1) is 22.7 Å². The van der Waals surface area contributed by atoms with E-state index in [1.807, 2.05) is 23.7 Å². The van der Waals surface area contributed by atoms with Gasteiger partial charge in [-0.25, -0.2) is 13.1 Å². The Kier molecular flexibility index (Phi) is 4.38. The van der Waals surface area contributed by atoms with Gasteiger partial charge in [-0.15, -0.1) is 0 Å². The van der Waals surface area contributed by atoms with E-state index in [0.717, 1.165) is 49.5 Å². The van der Waals surface area contributed by atoms with Crippen LogP contribution in [0.25, 0.3) is 0 Å². The summed E-state index contributed by atoms with van der Waals surface area (Å²) in [7, 11) is -3.13. The van der Waals surface area contributed by atoms with Crippen LogP contribution < -0.4 is 4.72 Å². The van der Waals surface area contributed by atoms with Gasteiger partial charge in [-0.1, -0.05) is 5.16 Å². The molecule has 1 atom stereocenters. The van der Waals surface area contributed by atoms with Crippen molar-refractivity contribution >= 4 is 10.0 Å². The van der Waals surface area contributed by atoms with Gasteiger partial charge in [0.1, 0.15) is 5.76 Å². The second kappa shape index (κ2) is 6.54. The van der Waals surface area contributed by atoms with Crippen molar-refractivity contribution in [1.29, 1.82) is 0 Å². The van der Waals surface area contributed by atoms with Crippen LogP contribution in [0.3, 0.4) is 0 Å². The van der Waals surface area contributed by atoms with Gasteiger partial charge >= 0.3 is 0 Å². The number of hydrogen-bond acceptors (Lipinski definition) is 6. The highest BCUT2D eigenvalue weighted by molar-refractivity contribution is 7.90. The average Bonchev–Trinajstić information content (AvgIpc) is 3.20. The number of rotatable bonds is 7. The maximum absolute atomic E-state index is 12.0. The Labute approximate surface area is 147 Å². The molecule has 3 heterocycles. The molecule has 4 rings (SSSR count). The first kappa shape index (κ1) is 16.7. The predicted octanol–water partition coefficient (Wildman–Crippen LogP) is 1.21. The van der Waals surface area contributed by atoms with E-state index in [1.165, 1.54) is 0 Å². The molecule has 0 aromatic carbocycles. The third-order valence-electron chi connectivity index (χ3n) is 4.76. The molecule has 1 aliphatic carbocycles. The third-order valence-corrected chi connectivity index (χ3v) is 6.71. The molecule has 1 saturated carbocycles. The van der Waals surface area contributed by atoms with Crippen molar-refractivity contribution in [2.75, 3.05) is 13.1 Å². The first-order valence-corrected chi connectivity index (χ1v) is 10.2. The van der Waals surface area contributed by atoms with E-state index in [-0.39, 0.29) is 11.3 Å². The van der Waals surface area contributed by atoms with Crippen LogP contribution in [0.2, 0.25) is 0 Å². The molecule has 0 amide bonds. The fourth-order valence-corrected chi connectivity index (χ4v) is 4.78. The standard InChI is InChI=1S/C16H23N5O3S/c1-12-8-13(19-24-12)9-20-10-14-4-6-17-21(14)15(11-20)5-7-18-25(22,23)16-2-3-16/h4,6,8,15-16,18H,2-3,5,7,9-11H2,1H3. The molecule has 0 spiro atoms. The van der Waals surface area contributed by atoms with Crippen LogP contribution in [0.5, 0.6) is 0 Å². The fraction of sp³-hybridized carbons (Fsp3) is 0.625. The lowest BCUT2D eigenvalue weighted by Crippen LogP contribution is -2.39. The summed E-state index contributed by atoms with van der Waals surface area (Å²) in [6.45, 7) is 4.66. The summed E-state index contributed by atoms with van der Waals surface area (Å²) in [5, 5.41) is 8.32. The summed E-state index contributed by atoms with van der Waals surface area (Å²) in [6.07, 6.45) is 4.09. The summed E-state index contributed by atoms with van der Waals surface area (Å²) >= 11 is 0. The van der Waals surface area contributed by atoms with Crippen molar-refractivity contribution in [3.8, 4) is 0 Å². The zero-order chi connectivity index (χ0) is 17.4. The van der Waals surface area contributed by atoms with Gasteiger partial charge in [-0.05, 0) is 32.3 Å². The molecule has 0 bridgehead atoms. The molecular formula is C16H23N5O3S. The minimum Gasteiger partial charge on any atom is -0.361 e. The Hall–Kier alpha value is -1.71. The number of nitrogens with zero attached hydrogens (tertiary/aromatic N) is 4. The molecule has 9 heteroatoms. The summed E-state index contributed by atoms with van der Waals surface area (Å²) in [4.78, 5) is 2.30. The van der Waals surface area contributed by atoms with Crippen LogP contribution in [0.4, 0.5) is 0 Å². The predicted molar refractivity (Wildman–Crippen MR) is 91.2 cm³/mol. The van der Waals surface area contributed by atoms with Gasteiger partial charge in [0.25, 0.3) is 0 Å². The van der Waals surface area contributed by atoms with Gasteiger partial charge in [-0.3, -0.25) is 9.58 Å². The average molecular weight is 365 g/mol. The van der Waals surface area contributed by atoms with Gasteiger partial charge in [0.15, 0.2) is 0 Å². The van der Waals surface area contributed by atoms with Crippen molar-refractivity contribution in [3.63, 3.8) is 0 Å². The minimum absolute atomic E-state index is 0.147. The van der Waals surface area contributed by atoms with Crippen molar-refractivity contribution in [2.45, 2.75) is 50.6 Å². The molecule has 2 aromatic rings. The molecular weight excluding hydrogens is 342 g/mol. The van der Waals surface area contributed by atoms with Crippen LogP contribution in [-0.4, -0.2) is 46.6 Å². The van der Waals surface area contributed by atoms with Crippen LogP contribution in [0, 0.1) is 6.92 Å². The normalized spacial score (nSPS) is 21.4. The number of fused-ring (bicyclic) bond motifs is 1. The van der Waals surface area contributed by atoms with Crippen LogP contribution in [0.15, 0.2) is 22.9 Å². The maximum atomic E-state index is 12.0. The summed E-state index contributed by atoms with van der Waals surface area (Å²) in [5.41, 5.74) is 2.06. The Morgan fingerprint density at radius 2 is 2.24 bits per heavy atom. The highest BCUT2D eigenvalue weighted by Gasteiger charge is 2.35. The molecule has 136 valence electrons. The SMILES string of the molecule is Cc1cc(CN2Cc3ccnn3C(CCNS(=O)(=O)C3CC3)C2)no1. The second-order valence-corrected chi connectivity index (χ2v) is 8.99. The van der Waals surface area contributed by atoms with Crippen molar-refractivity contribution < 1.29 is 12.9 Å². The largest absolute Gasteiger partial charge is 0.361 e. The fourth-order valence-electron chi connectivity index (χ4n) is 3.38. The van der Waals surface area contributed by atoms with E-state index in [0.29, 0.717) is 13.1 Å². The Morgan fingerprint density at radius 3 is 2.96 bits per heavy atom. The van der Waals surface area contributed by atoms with Gasteiger partial charge in [0, 0.05) is 38.4 Å². The number of nitrogens with one attached hydrogen (secondary N) is 1. The molecule has 1 fully saturated rings. The Morgan fingerprint density at radius 1 is 1.40 bits per heavy atom. The van der Waals surface area contributed by atoms with E-state index in [2.05, 4.69) is 19.9 Å². The Balaban J connectivity index is 1.40. The van der Waals surface area contributed by atoms with Crippen LogP contribution in [0.1, 0.15) is 42.5 Å². The number of aryl methyl sites for hydroxylation is 1. The molecule has 0 saturated heterocycles. The quantitative estimate of drug-likeness (QED) is 0.793.